The van der Waals surface area contributed by atoms with Crippen molar-refractivity contribution in [3.63, 3.8) is 0 Å². The van der Waals surface area contributed by atoms with E-state index in [0.717, 1.165) is 42.1 Å². The number of halogens is 1. The Labute approximate surface area is 185 Å². The molecule has 0 aromatic carbocycles. The van der Waals surface area contributed by atoms with Crippen molar-refractivity contribution in [1.82, 2.24) is 30.6 Å². The van der Waals surface area contributed by atoms with Gasteiger partial charge in [-0.05, 0) is 55.0 Å². The molecule has 1 amide bonds. The molecule has 2 atom stereocenters. The summed E-state index contributed by atoms with van der Waals surface area (Å²) in [5.41, 5.74) is 2.73. The minimum Gasteiger partial charge on any atom is -0.366 e. The van der Waals surface area contributed by atoms with Gasteiger partial charge in [0, 0.05) is 6.04 Å². The van der Waals surface area contributed by atoms with Crippen LogP contribution in [0.4, 0.5) is 10.2 Å². The summed E-state index contributed by atoms with van der Waals surface area (Å²) in [5, 5.41) is 23.2. The number of nitrogens with one attached hydrogen (secondary N) is 3. The summed E-state index contributed by atoms with van der Waals surface area (Å²) in [7, 11) is 0. The van der Waals surface area contributed by atoms with Gasteiger partial charge < -0.3 is 5.32 Å². The number of thiophene rings is 1. The molecule has 4 aromatic heterocycles. The Bertz CT molecular complexity index is 1330. The van der Waals surface area contributed by atoms with Crippen molar-refractivity contribution < 1.29 is 14.4 Å². The zero-order valence-electron chi connectivity index (χ0n) is 16.9. The molecule has 3 fully saturated rings. The summed E-state index contributed by atoms with van der Waals surface area (Å²) in [4.78, 5) is 26.7. The molecule has 2 bridgehead atoms. The minimum absolute atomic E-state index is 0.141. The molecule has 4 heterocycles. The van der Waals surface area contributed by atoms with Gasteiger partial charge in [0.1, 0.15) is 22.2 Å². The Morgan fingerprint density at radius 1 is 1.19 bits per heavy atom. The van der Waals surface area contributed by atoms with Crippen molar-refractivity contribution in [3.8, 4) is 11.5 Å². The fraction of sp³-hybridized carbons (Fsp3) is 0.381. The Kier molecular flexibility index (Phi) is 4.54. The molecule has 4 N–H and O–H groups in total. The standard InChI is InChI=1S/C21H20FN7O2S/c22-11-7-13-16(27-28-17(13)23-8-11)19-25-18(12-5-6-32-21(12)26-19)24-15-10-3-1-9(2-4-10)14(15)20(30)29-31/h5-10,14-15,31H,1-4H2,(H,29,30)(H,23,27,28)(H,24,25,26)/t9?,10?,14-,15-/m0/s1. The second-order valence-electron chi connectivity index (χ2n) is 8.51. The number of aromatic amines is 1. The first kappa shape index (κ1) is 19.5. The van der Waals surface area contributed by atoms with Crippen LogP contribution in [0.25, 0.3) is 32.8 Å². The van der Waals surface area contributed by atoms with E-state index < -0.39 is 5.82 Å². The van der Waals surface area contributed by atoms with Crippen LogP contribution in [-0.2, 0) is 4.79 Å². The van der Waals surface area contributed by atoms with Crippen LogP contribution < -0.4 is 10.8 Å². The molecular weight excluding hydrogens is 433 g/mol. The topological polar surface area (TPSA) is 129 Å². The van der Waals surface area contributed by atoms with E-state index in [2.05, 4.69) is 25.5 Å². The number of rotatable bonds is 4. The Morgan fingerprint density at radius 3 is 2.81 bits per heavy atom. The van der Waals surface area contributed by atoms with E-state index in [0.29, 0.717) is 34.3 Å². The molecule has 0 spiro atoms. The molecule has 7 rings (SSSR count). The number of anilines is 1. The van der Waals surface area contributed by atoms with Gasteiger partial charge in [-0.25, -0.2) is 24.8 Å². The predicted molar refractivity (Wildman–Crippen MR) is 117 cm³/mol. The van der Waals surface area contributed by atoms with Crippen LogP contribution in [0.15, 0.2) is 23.7 Å². The lowest BCUT2D eigenvalue weighted by Crippen LogP contribution is -2.54. The van der Waals surface area contributed by atoms with Gasteiger partial charge in [-0.15, -0.1) is 11.3 Å². The van der Waals surface area contributed by atoms with E-state index >= 15 is 0 Å². The maximum Gasteiger partial charge on any atom is 0.248 e. The normalized spacial score (nSPS) is 24.8. The molecule has 0 unspecified atom stereocenters. The minimum atomic E-state index is -0.466. The lowest BCUT2D eigenvalue weighted by atomic mass is 9.61. The van der Waals surface area contributed by atoms with Gasteiger partial charge in [-0.3, -0.25) is 15.1 Å². The third-order valence-electron chi connectivity index (χ3n) is 6.86. The van der Waals surface area contributed by atoms with Crippen LogP contribution in [0.3, 0.4) is 0 Å². The number of carbonyl (C=O) groups is 1. The van der Waals surface area contributed by atoms with E-state index in [4.69, 9.17) is 4.98 Å². The van der Waals surface area contributed by atoms with Gasteiger partial charge >= 0.3 is 0 Å². The van der Waals surface area contributed by atoms with E-state index in [1.165, 1.54) is 17.4 Å². The molecule has 9 nitrogen and oxygen atoms in total. The number of hydrogen-bond acceptors (Lipinski definition) is 8. The molecule has 3 saturated carbocycles. The molecule has 32 heavy (non-hydrogen) atoms. The number of nitrogens with zero attached hydrogens (tertiary/aromatic N) is 4. The molecule has 3 aliphatic carbocycles. The molecule has 0 aliphatic heterocycles. The van der Waals surface area contributed by atoms with Crippen LogP contribution in [0.2, 0.25) is 0 Å². The van der Waals surface area contributed by atoms with E-state index in [1.807, 2.05) is 16.9 Å². The average molecular weight is 454 g/mol. The summed E-state index contributed by atoms with van der Waals surface area (Å²) in [5.74, 6) is 0.398. The Morgan fingerprint density at radius 2 is 2.00 bits per heavy atom. The number of H-pyrrole nitrogens is 1. The lowest BCUT2D eigenvalue weighted by Gasteiger charge is -2.47. The first-order chi connectivity index (χ1) is 15.6. The quantitative estimate of drug-likeness (QED) is 0.275. The molecule has 3 aliphatic rings. The molecule has 0 saturated heterocycles. The largest absolute Gasteiger partial charge is 0.366 e. The Hall–Kier alpha value is -3.18. The van der Waals surface area contributed by atoms with Crippen LogP contribution in [-0.4, -0.2) is 42.3 Å². The second kappa shape index (κ2) is 7.45. The van der Waals surface area contributed by atoms with Crippen LogP contribution in [0, 0.1) is 23.6 Å². The van der Waals surface area contributed by atoms with Crippen molar-refractivity contribution in [3.05, 3.63) is 29.5 Å². The third kappa shape index (κ3) is 3.03. The van der Waals surface area contributed by atoms with Crippen LogP contribution >= 0.6 is 11.3 Å². The molecule has 11 heteroatoms. The van der Waals surface area contributed by atoms with Crippen molar-refractivity contribution in [2.75, 3.05) is 5.32 Å². The molecule has 164 valence electrons. The number of hydroxylamine groups is 1. The average Bonchev–Trinajstić information content (AvgIpc) is 3.46. The predicted octanol–water partition coefficient (Wildman–Crippen LogP) is 3.49. The maximum atomic E-state index is 13.8. The highest BCUT2D eigenvalue weighted by molar-refractivity contribution is 7.16. The van der Waals surface area contributed by atoms with Crippen molar-refractivity contribution in [1.29, 1.82) is 0 Å². The second-order valence-corrected chi connectivity index (χ2v) is 9.40. The summed E-state index contributed by atoms with van der Waals surface area (Å²) < 4.78 is 13.8. The highest BCUT2D eigenvalue weighted by Gasteiger charge is 2.47. The summed E-state index contributed by atoms with van der Waals surface area (Å²) in [6.45, 7) is 0. The number of fused-ring (bicyclic) bond motifs is 5. The molecule has 4 aromatic rings. The van der Waals surface area contributed by atoms with Crippen molar-refractivity contribution in [2.24, 2.45) is 17.8 Å². The van der Waals surface area contributed by atoms with Gasteiger partial charge in [-0.2, -0.15) is 5.10 Å². The van der Waals surface area contributed by atoms with Gasteiger partial charge in [-0.1, -0.05) is 0 Å². The summed E-state index contributed by atoms with van der Waals surface area (Å²) in [6, 6.07) is 3.16. The fourth-order valence-electron chi connectivity index (χ4n) is 5.39. The third-order valence-corrected chi connectivity index (χ3v) is 7.67. The van der Waals surface area contributed by atoms with Gasteiger partial charge in [0.25, 0.3) is 0 Å². The van der Waals surface area contributed by atoms with Crippen LogP contribution in [0.1, 0.15) is 25.7 Å². The van der Waals surface area contributed by atoms with Gasteiger partial charge in [0.15, 0.2) is 11.5 Å². The van der Waals surface area contributed by atoms with Crippen molar-refractivity contribution >= 4 is 44.3 Å². The smallest absolute Gasteiger partial charge is 0.248 e. The number of aromatic nitrogens is 5. The summed E-state index contributed by atoms with van der Waals surface area (Å²) >= 11 is 1.48. The fourth-order valence-corrected chi connectivity index (χ4v) is 6.15. The zero-order chi connectivity index (χ0) is 21.8. The number of carbonyl (C=O) groups excluding carboxylic acids is 1. The number of amides is 1. The first-order valence-electron chi connectivity index (χ1n) is 10.6. The highest BCUT2D eigenvalue weighted by Crippen LogP contribution is 2.46. The maximum absolute atomic E-state index is 13.8. The van der Waals surface area contributed by atoms with E-state index in [-0.39, 0.29) is 23.8 Å². The monoisotopic (exact) mass is 453 g/mol. The lowest BCUT2D eigenvalue weighted by molar-refractivity contribution is -0.139. The summed E-state index contributed by atoms with van der Waals surface area (Å²) in [6.07, 6.45) is 5.18. The highest BCUT2D eigenvalue weighted by atomic mass is 32.1. The zero-order valence-corrected chi connectivity index (χ0v) is 17.7. The van der Waals surface area contributed by atoms with E-state index in [9.17, 15) is 14.4 Å². The molecule has 0 radical (unpaired) electrons. The number of hydrogen-bond donors (Lipinski definition) is 4. The van der Waals surface area contributed by atoms with Gasteiger partial charge in [0.05, 0.1) is 22.9 Å². The van der Waals surface area contributed by atoms with Crippen molar-refractivity contribution in [2.45, 2.75) is 31.7 Å². The molecular formula is C21H20FN7O2S. The van der Waals surface area contributed by atoms with Gasteiger partial charge in [0.2, 0.25) is 5.91 Å². The van der Waals surface area contributed by atoms with E-state index in [1.54, 1.807) is 0 Å². The Balaban J connectivity index is 1.45. The first-order valence-corrected chi connectivity index (χ1v) is 11.5. The SMILES string of the molecule is O=C(NO)[C@H]1C2CCC(CC2)[C@@H]1Nc1nc(-c2[nH]nc3ncc(F)cc23)nc2sccc12. The number of pyridine rings is 1. The van der Waals surface area contributed by atoms with Crippen LogP contribution in [0.5, 0.6) is 0 Å².